The lowest BCUT2D eigenvalue weighted by molar-refractivity contribution is -0.113. The van der Waals surface area contributed by atoms with Crippen LogP contribution in [0, 0.1) is 0 Å². The Morgan fingerprint density at radius 1 is 1.12 bits per heavy atom. The Morgan fingerprint density at radius 2 is 1.85 bits per heavy atom. The molecule has 33 heavy (non-hydrogen) atoms. The predicted octanol–water partition coefficient (Wildman–Crippen LogP) is 4.03. The molecule has 9 nitrogen and oxygen atoms in total. The molecule has 1 amide bonds. The van der Waals surface area contributed by atoms with Crippen LogP contribution in [0.3, 0.4) is 0 Å². The smallest absolute Gasteiger partial charge is 0.340 e. The van der Waals surface area contributed by atoms with Gasteiger partial charge in [0.1, 0.15) is 23.1 Å². The molecular formula is C22H26N4O5S2. The zero-order valence-electron chi connectivity index (χ0n) is 18.9. The molecule has 2 heterocycles. The minimum Gasteiger partial charge on any atom is -0.497 e. The van der Waals surface area contributed by atoms with Crippen LogP contribution in [-0.4, -0.2) is 46.6 Å². The fourth-order valence-electron chi connectivity index (χ4n) is 2.93. The third-order valence-electron chi connectivity index (χ3n) is 4.66. The number of rotatable bonds is 11. The van der Waals surface area contributed by atoms with Crippen molar-refractivity contribution < 1.29 is 23.8 Å². The van der Waals surface area contributed by atoms with Gasteiger partial charge in [-0.1, -0.05) is 18.7 Å². The van der Waals surface area contributed by atoms with Crippen LogP contribution in [0.25, 0.3) is 0 Å². The number of aromatic nitrogens is 3. The fourth-order valence-corrected chi connectivity index (χ4v) is 4.76. The van der Waals surface area contributed by atoms with Crippen molar-refractivity contribution in [1.29, 1.82) is 0 Å². The maximum atomic E-state index is 12.5. The molecular weight excluding hydrogens is 464 g/mol. The zero-order valence-corrected chi connectivity index (χ0v) is 20.5. The third-order valence-corrected chi connectivity index (χ3v) is 6.82. The summed E-state index contributed by atoms with van der Waals surface area (Å²) in [5.74, 6) is 1.52. The summed E-state index contributed by atoms with van der Waals surface area (Å²) >= 11 is 2.64. The second kappa shape index (κ2) is 11.7. The lowest BCUT2D eigenvalue weighted by Gasteiger charge is -2.09. The molecule has 1 aromatic carbocycles. The number of ether oxygens (including phenoxy) is 3. The molecule has 0 unspecified atom stereocenters. The summed E-state index contributed by atoms with van der Waals surface area (Å²) in [6, 6.07) is 9.04. The number of esters is 1. The van der Waals surface area contributed by atoms with Crippen molar-refractivity contribution in [2.45, 2.75) is 38.6 Å². The van der Waals surface area contributed by atoms with Crippen LogP contribution in [0.4, 0.5) is 5.00 Å². The topological polar surface area (TPSA) is 105 Å². The van der Waals surface area contributed by atoms with Crippen molar-refractivity contribution in [3.63, 3.8) is 0 Å². The summed E-state index contributed by atoms with van der Waals surface area (Å²) in [7, 11) is 2.93. The van der Waals surface area contributed by atoms with Gasteiger partial charge < -0.3 is 24.1 Å². The Morgan fingerprint density at radius 3 is 2.48 bits per heavy atom. The normalized spacial score (nSPS) is 10.7. The molecule has 0 atom stereocenters. The number of methoxy groups -OCH3 is 2. The van der Waals surface area contributed by atoms with E-state index in [1.54, 1.807) is 13.2 Å². The molecule has 0 saturated carbocycles. The molecule has 0 saturated heterocycles. The molecule has 0 fully saturated rings. The molecule has 1 N–H and O–H groups in total. The highest BCUT2D eigenvalue weighted by molar-refractivity contribution is 7.99. The average Bonchev–Trinajstić information content (AvgIpc) is 3.44. The summed E-state index contributed by atoms with van der Waals surface area (Å²) in [5, 5.41) is 12.4. The minimum absolute atomic E-state index is 0.122. The molecule has 2 aromatic heterocycles. The number of thiophene rings is 1. The van der Waals surface area contributed by atoms with Gasteiger partial charge in [-0.3, -0.25) is 4.79 Å². The van der Waals surface area contributed by atoms with Crippen molar-refractivity contribution in [2.75, 3.05) is 25.3 Å². The van der Waals surface area contributed by atoms with E-state index >= 15 is 0 Å². The highest BCUT2D eigenvalue weighted by Crippen LogP contribution is 2.30. The monoisotopic (exact) mass is 490 g/mol. The van der Waals surface area contributed by atoms with Crippen molar-refractivity contribution in [2.24, 2.45) is 0 Å². The van der Waals surface area contributed by atoms with Gasteiger partial charge in [-0.25, -0.2) is 4.79 Å². The number of carbonyl (C=O) groups excluding carboxylic acids is 2. The Bertz CT molecular complexity index is 1090. The van der Waals surface area contributed by atoms with Crippen molar-refractivity contribution in [1.82, 2.24) is 14.8 Å². The first kappa shape index (κ1) is 24.6. The van der Waals surface area contributed by atoms with Gasteiger partial charge in [-0.05, 0) is 43.7 Å². The van der Waals surface area contributed by atoms with Crippen LogP contribution >= 0.6 is 23.1 Å². The van der Waals surface area contributed by atoms with E-state index in [1.807, 2.05) is 42.7 Å². The first-order valence-electron chi connectivity index (χ1n) is 10.3. The van der Waals surface area contributed by atoms with E-state index in [-0.39, 0.29) is 18.3 Å². The van der Waals surface area contributed by atoms with Crippen molar-refractivity contribution in [3.8, 4) is 11.5 Å². The molecule has 11 heteroatoms. The standard InChI is InChI=1S/C22H26N4O5S2/c1-5-16-11-17(21(28)30-4)20(33-16)23-19(27)13-32-22-25-24-18(26(22)6-2)12-31-15-9-7-14(29-3)8-10-15/h7-11H,5-6,12-13H2,1-4H3,(H,23,27). The van der Waals surface area contributed by atoms with Gasteiger partial charge in [0, 0.05) is 11.4 Å². The molecule has 0 bridgehead atoms. The zero-order chi connectivity index (χ0) is 23.8. The second-order valence-corrected chi connectivity index (χ2v) is 8.82. The maximum absolute atomic E-state index is 12.5. The summed E-state index contributed by atoms with van der Waals surface area (Å²) < 4.78 is 17.7. The Hall–Kier alpha value is -3.05. The second-order valence-electron chi connectivity index (χ2n) is 6.74. The van der Waals surface area contributed by atoms with Crippen molar-refractivity contribution >= 4 is 40.0 Å². The van der Waals surface area contributed by atoms with Gasteiger partial charge in [-0.15, -0.1) is 21.5 Å². The van der Waals surface area contributed by atoms with Crippen LogP contribution in [-0.2, 0) is 29.1 Å². The SMILES string of the molecule is CCc1cc(C(=O)OC)c(NC(=O)CSc2nnc(COc3ccc(OC)cc3)n2CC)s1. The van der Waals surface area contributed by atoms with Gasteiger partial charge in [0.05, 0.1) is 25.5 Å². The number of benzene rings is 1. The number of hydrogen-bond donors (Lipinski definition) is 1. The lowest BCUT2D eigenvalue weighted by Crippen LogP contribution is -2.16. The number of anilines is 1. The highest BCUT2D eigenvalue weighted by Gasteiger charge is 2.19. The summed E-state index contributed by atoms with van der Waals surface area (Å²) in [5.41, 5.74) is 0.368. The van der Waals surface area contributed by atoms with Crippen LogP contribution in [0.5, 0.6) is 11.5 Å². The highest BCUT2D eigenvalue weighted by atomic mass is 32.2. The van der Waals surface area contributed by atoms with E-state index < -0.39 is 5.97 Å². The van der Waals surface area contributed by atoms with E-state index in [9.17, 15) is 9.59 Å². The molecule has 0 aliphatic rings. The Balaban J connectivity index is 1.60. The molecule has 0 aliphatic carbocycles. The van der Waals surface area contributed by atoms with Crippen LogP contribution in [0.1, 0.15) is 34.9 Å². The largest absolute Gasteiger partial charge is 0.497 e. The molecule has 0 spiro atoms. The third kappa shape index (κ3) is 6.26. The summed E-state index contributed by atoms with van der Waals surface area (Å²) in [6.07, 6.45) is 0.764. The number of hydrogen-bond acceptors (Lipinski definition) is 9. The number of carbonyl (C=O) groups is 2. The number of thioether (sulfide) groups is 1. The van der Waals surface area contributed by atoms with Gasteiger partial charge in [0.15, 0.2) is 11.0 Å². The minimum atomic E-state index is -0.471. The van der Waals surface area contributed by atoms with Gasteiger partial charge in [0.25, 0.3) is 0 Å². The molecule has 0 radical (unpaired) electrons. The first-order chi connectivity index (χ1) is 16.0. The van der Waals surface area contributed by atoms with Crippen molar-refractivity contribution in [3.05, 3.63) is 46.6 Å². The summed E-state index contributed by atoms with van der Waals surface area (Å²) in [6.45, 7) is 4.85. The lowest BCUT2D eigenvalue weighted by atomic mass is 10.2. The average molecular weight is 491 g/mol. The van der Waals surface area contributed by atoms with Crippen LogP contribution < -0.4 is 14.8 Å². The number of aryl methyl sites for hydroxylation is 1. The van der Waals surface area contributed by atoms with Gasteiger partial charge >= 0.3 is 5.97 Å². The van der Waals surface area contributed by atoms with Crippen LogP contribution in [0.2, 0.25) is 0 Å². The first-order valence-corrected chi connectivity index (χ1v) is 12.1. The molecule has 0 aliphatic heterocycles. The fraction of sp³-hybridized carbons (Fsp3) is 0.364. The molecule has 176 valence electrons. The van der Waals surface area contributed by atoms with Gasteiger partial charge in [0.2, 0.25) is 5.91 Å². The number of amides is 1. The molecule has 3 aromatic rings. The maximum Gasteiger partial charge on any atom is 0.340 e. The van der Waals surface area contributed by atoms with Gasteiger partial charge in [-0.2, -0.15) is 0 Å². The quantitative estimate of drug-likeness (QED) is 0.317. The van der Waals surface area contributed by atoms with E-state index in [1.165, 1.54) is 30.2 Å². The van der Waals surface area contributed by atoms with Crippen LogP contribution in [0.15, 0.2) is 35.5 Å². The number of nitrogens with zero attached hydrogens (tertiary/aromatic N) is 3. The predicted molar refractivity (Wildman–Crippen MR) is 127 cm³/mol. The van der Waals surface area contributed by atoms with E-state index in [2.05, 4.69) is 15.5 Å². The van der Waals surface area contributed by atoms with E-state index in [4.69, 9.17) is 14.2 Å². The Labute approximate surface area is 200 Å². The van der Waals surface area contributed by atoms with E-state index in [0.717, 1.165) is 17.0 Å². The Kier molecular flexibility index (Phi) is 8.72. The molecule has 3 rings (SSSR count). The summed E-state index contributed by atoms with van der Waals surface area (Å²) in [4.78, 5) is 25.5. The van der Waals surface area contributed by atoms with E-state index in [0.29, 0.717) is 33.8 Å². The number of nitrogens with one attached hydrogen (secondary N) is 1.